The molecule has 0 radical (unpaired) electrons. The third-order valence-corrected chi connectivity index (χ3v) is 2.91. The predicted octanol–water partition coefficient (Wildman–Crippen LogP) is -1.46. The third-order valence-electron chi connectivity index (χ3n) is 2.91. The molecule has 0 aliphatic heterocycles. The number of ether oxygens (including phenoxy) is 2. The second-order valence-corrected chi connectivity index (χ2v) is 4.87. The van der Waals surface area contributed by atoms with Crippen molar-refractivity contribution in [3.05, 3.63) is 25.3 Å². The van der Waals surface area contributed by atoms with Crippen molar-refractivity contribution in [1.29, 1.82) is 0 Å². The van der Waals surface area contributed by atoms with E-state index < -0.39 is 36.0 Å². The molecule has 6 N–H and O–H groups in total. The highest BCUT2D eigenvalue weighted by molar-refractivity contribution is 5.91. The molecule has 0 saturated heterocycles. The molecule has 24 heavy (non-hydrogen) atoms. The number of esters is 1. The summed E-state index contributed by atoms with van der Waals surface area (Å²) in [5, 5.41) is 4.66. The number of hydrogen-bond donors (Lipinski definition) is 4. The van der Waals surface area contributed by atoms with E-state index in [1.807, 2.05) is 0 Å². The lowest BCUT2D eigenvalue weighted by atomic mass is 10.1. The Bertz CT molecular complexity index is 455. The lowest BCUT2D eigenvalue weighted by Crippen LogP contribution is -2.58. The van der Waals surface area contributed by atoms with Gasteiger partial charge in [-0.1, -0.05) is 12.2 Å². The Labute approximate surface area is 141 Å². The lowest BCUT2D eigenvalue weighted by Gasteiger charge is -2.20. The van der Waals surface area contributed by atoms with Gasteiger partial charge in [-0.3, -0.25) is 9.59 Å². The van der Waals surface area contributed by atoms with Crippen molar-refractivity contribution in [1.82, 2.24) is 10.6 Å². The maximum Gasteiger partial charge on any atom is 0.328 e. The molecule has 0 aromatic rings. The normalized spacial score (nSPS) is 14.0. The van der Waals surface area contributed by atoms with Crippen LogP contribution in [0.3, 0.4) is 0 Å². The Morgan fingerprint density at radius 2 is 1.79 bits per heavy atom. The van der Waals surface area contributed by atoms with E-state index in [0.29, 0.717) is 12.8 Å². The maximum absolute atomic E-state index is 12.0. The van der Waals surface area contributed by atoms with Gasteiger partial charge in [0.05, 0.1) is 20.3 Å². The SMILES string of the molecule is C=CCCC(NC(=O)C(N)NC(=O)C(N)COCC=C)C(=O)OC. The molecule has 0 spiro atoms. The fraction of sp³-hybridized carbons (Fsp3) is 0.533. The summed E-state index contributed by atoms with van der Waals surface area (Å²) >= 11 is 0. The van der Waals surface area contributed by atoms with E-state index >= 15 is 0 Å². The zero-order chi connectivity index (χ0) is 18.5. The number of hydrogen-bond acceptors (Lipinski definition) is 7. The molecule has 0 bridgehead atoms. The van der Waals surface area contributed by atoms with Gasteiger partial charge >= 0.3 is 5.97 Å². The van der Waals surface area contributed by atoms with Crippen molar-refractivity contribution in [3.8, 4) is 0 Å². The van der Waals surface area contributed by atoms with Crippen LogP contribution in [0.25, 0.3) is 0 Å². The van der Waals surface area contributed by atoms with Crippen LogP contribution in [0.4, 0.5) is 0 Å². The van der Waals surface area contributed by atoms with Gasteiger partial charge in [-0.15, -0.1) is 13.2 Å². The van der Waals surface area contributed by atoms with Gasteiger partial charge in [0.15, 0.2) is 6.17 Å². The van der Waals surface area contributed by atoms with Gasteiger partial charge in [0, 0.05) is 0 Å². The summed E-state index contributed by atoms with van der Waals surface area (Å²) in [5.74, 6) is -2.00. The van der Waals surface area contributed by atoms with Crippen LogP contribution in [0, 0.1) is 0 Å². The topological polar surface area (TPSA) is 146 Å². The highest BCUT2D eigenvalue weighted by Crippen LogP contribution is 2.00. The first-order chi connectivity index (χ1) is 11.4. The first kappa shape index (κ1) is 21.8. The highest BCUT2D eigenvalue weighted by atomic mass is 16.5. The van der Waals surface area contributed by atoms with Crippen molar-refractivity contribution in [2.45, 2.75) is 31.1 Å². The van der Waals surface area contributed by atoms with E-state index in [1.165, 1.54) is 13.2 Å². The van der Waals surface area contributed by atoms with E-state index in [4.69, 9.17) is 16.2 Å². The van der Waals surface area contributed by atoms with Gasteiger partial charge in [0.2, 0.25) is 5.91 Å². The number of methoxy groups -OCH3 is 1. The molecule has 0 aromatic carbocycles. The second-order valence-electron chi connectivity index (χ2n) is 4.87. The van der Waals surface area contributed by atoms with E-state index in [-0.39, 0.29) is 13.2 Å². The standard InChI is InChI=1S/C15H26N4O5/c1-4-6-7-11(15(22)23-3)18-14(21)12(17)19-13(20)10(16)9-24-8-5-2/h4-5,10-12H,1-2,6-9,16-17H2,3H3,(H,18,21)(H,19,20). The second kappa shape index (κ2) is 12.2. The first-order valence-electron chi connectivity index (χ1n) is 7.36. The van der Waals surface area contributed by atoms with Crippen molar-refractivity contribution < 1.29 is 23.9 Å². The quantitative estimate of drug-likeness (QED) is 0.147. The molecule has 2 amide bonds. The van der Waals surface area contributed by atoms with E-state index in [9.17, 15) is 14.4 Å². The van der Waals surface area contributed by atoms with Gasteiger partial charge in [-0.05, 0) is 12.8 Å². The maximum atomic E-state index is 12.0. The molecule has 0 aromatic heterocycles. The van der Waals surface area contributed by atoms with Crippen LogP contribution in [-0.4, -0.2) is 56.4 Å². The van der Waals surface area contributed by atoms with Gasteiger partial charge in [0.1, 0.15) is 12.1 Å². The van der Waals surface area contributed by atoms with Crippen LogP contribution in [0.15, 0.2) is 25.3 Å². The Hall–Kier alpha value is -2.23. The molecule has 9 nitrogen and oxygen atoms in total. The van der Waals surface area contributed by atoms with Crippen molar-refractivity contribution in [2.75, 3.05) is 20.3 Å². The molecule has 9 heteroatoms. The molecule has 0 saturated carbocycles. The summed E-state index contributed by atoms with van der Waals surface area (Å²) in [4.78, 5) is 35.4. The number of nitrogens with two attached hydrogens (primary N) is 2. The minimum Gasteiger partial charge on any atom is -0.467 e. The highest BCUT2D eigenvalue weighted by Gasteiger charge is 2.25. The molecule has 3 atom stereocenters. The fourth-order valence-electron chi connectivity index (χ4n) is 1.62. The summed E-state index contributed by atoms with van der Waals surface area (Å²) in [6, 6.07) is -1.87. The molecular formula is C15H26N4O5. The summed E-state index contributed by atoms with van der Waals surface area (Å²) in [5.41, 5.74) is 11.2. The van der Waals surface area contributed by atoms with Crippen LogP contribution in [0.2, 0.25) is 0 Å². The van der Waals surface area contributed by atoms with Gasteiger partial charge in [0.25, 0.3) is 5.91 Å². The lowest BCUT2D eigenvalue weighted by molar-refractivity contribution is -0.145. The smallest absolute Gasteiger partial charge is 0.328 e. The Balaban J connectivity index is 4.50. The molecule has 136 valence electrons. The molecule has 3 unspecified atom stereocenters. The van der Waals surface area contributed by atoms with Crippen LogP contribution in [-0.2, 0) is 23.9 Å². The van der Waals surface area contributed by atoms with Crippen LogP contribution in [0.5, 0.6) is 0 Å². The van der Waals surface area contributed by atoms with Gasteiger partial charge in [-0.2, -0.15) is 0 Å². The van der Waals surface area contributed by atoms with E-state index in [0.717, 1.165) is 0 Å². The minimum atomic E-state index is -1.36. The summed E-state index contributed by atoms with van der Waals surface area (Å²) in [7, 11) is 1.21. The number of nitrogens with one attached hydrogen (secondary N) is 2. The number of amides is 2. The first-order valence-corrected chi connectivity index (χ1v) is 7.36. The summed E-state index contributed by atoms with van der Waals surface area (Å²) < 4.78 is 9.65. The number of rotatable bonds is 12. The van der Waals surface area contributed by atoms with Gasteiger partial charge in [-0.25, -0.2) is 4.79 Å². The van der Waals surface area contributed by atoms with E-state index in [1.54, 1.807) is 6.08 Å². The Morgan fingerprint density at radius 1 is 1.12 bits per heavy atom. The minimum absolute atomic E-state index is 0.0453. The number of carbonyl (C=O) groups is 3. The molecular weight excluding hydrogens is 316 g/mol. The molecule has 0 rings (SSSR count). The molecule has 0 heterocycles. The zero-order valence-electron chi connectivity index (χ0n) is 13.8. The van der Waals surface area contributed by atoms with Crippen LogP contribution in [0.1, 0.15) is 12.8 Å². The van der Waals surface area contributed by atoms with Gasteiger partial charge < -0.3 is 31.6 Å². The summed E-state index contributed by atoms with van der Waals surface area (Å²) in [6.45, 7) is 7.21. The number of carbonyl (C=O) groups excluding carboxylic acids is 3. The van der Waals surface area contributed by atoms with Crippen LogP contribution >= 0.6 is 0 Å². The molecule has 0 aliphatic rings. The predicted molar refractivity (Wildman–Crippen MR) is 88.5 cm³/mol. The van der Waals surface area contributed by atoms with Crippen LogP contribution < -0.4 is 22.1 Å². The van der Waals surface area contributed by atoms with Crippen molar-refractivity contribution >= 4 is 17.8 Å². The Kier molecular flexibility index (Phi) is 11.1. The van der Waals surface area contributed by atoms with E-state index in [2.05, 4.69) is 28.5 Å². The Morgan fingerprint density at radius 3 is 2.33 bits per heavy atom. The van der Waals surface area contributed by atoms with Crippen molar-refractivity contribution in [2.24, 2.45) is 11.5 Å². The number of allylic oxidation sites excluding steroid dienone is 1. The largest absolute Gasteiger partial charge is 0.467 e. The third kappa shape index (κ3) is 8.42. The monoisotopic (exact) mass is 342 g/mol. The molecule has 0 fully saturated rings. The zero-order valence-corrected chi connectivity index (χ0v) is 13.8. The van der Waals surface area contributed by atoms with Crippen molar-refractivity contribution in [3.63, 3.8) is 0 Å². The summed E-state index contributed by atoms with van der Waals surface area (Å²) in [6.07, 6.45) is 2.55. The average molecular weight is 342 g/mol. The average Bonchev–Trinajstić information content (AvgIpc) is 2.57. The fourth-order valence-corrected chi connectivity index (χ4v) is 1.62. The molecule has 0 aliphatic carbocycles.